The van der Waals surface area contributed by atoms with Crippen LogP contribution in [0.2, 0.25) is 0 Å². The Balaban J connectivity index is 0.00000156. The van der Waals surface area contributed by atoms with E-state index in [9.17, 15) is 8.42 Å². The van der Waals surface area contributed by atoms with Gasteiger partial charge >= 0.3 is 0 Å². The first kappa shape index (κ1) is 22.2. The van der Waals surface area contributed by atoms with E-state index in [-0.39, 0.29) is 42.7 Å². The van der Waals surface area contributed by atoms with Gasteiger partial charge in [0.1, 0.15) is 5.69 Å². The second kappa shape index (κ2) is 9.75. The van der Waals surface area contributed by atoms with Crippen LogP contribution in [0.15, 0.2) is 18.2 Å². The van der Waals surface area contributed by atoms with Crippen LogP contribution in [0.4, 0.5) is 0 Å². The minimum absolute atomic E-state index is 0. The molecule has 2 atom stereocenters. The highest BCUT2D eigenvalue weighted by atomic mass is 35.5. The van der Waals surface area contributed by atoms with Crippen molar-refractivity contribution in [2.75, 3.05) is 12.3 Å². The van der Waals surface area contributed by atoms with Gasteiger partial charge in [-0.25, -0.2) is 18.1 Å². The second-order valence-electron chi connectivity index (χ2n) is 6.24. The molecule has 1 aliphatic heterocycles. The Bertz CT molecular complexity index is 727. The molecule has 0 bridgehead atoms. The van der Waals surface area contributed by atoms with Gasteiger partial charge < -0.3 is 5.32 Å². The Morgan fingerprint density at radius 2 is 2.04 bits per heavy atom. The average molecular weight is 406 g/mol. The van der Waals surface area contributed by atoms with E-state index in [2.05, 4.69) is 26.9 Å². The van der Waals surface area contributed by atoms with Crippen molar-refractivity contribution in [3.8, 4) is 11.8 Å². The number of aromatic nitrogens is 1. The second-order valence-corrected chi connectivity index (χ2v) is 8.28. The van der Waals surface area contributed by atoms with E-state index in [0.29, 0.717) is 12.3 Å². The van der Waals surface area contributed by atoms with E-state index in [4.69, 9.17) is 0 Å². The normalized spacial score (nSPS) is 22.3. The number of hydrogen-bond acceptors (Lipinski definition) is 4. The fourth-order valence-electron chi connectivity index (χ4n) is 2.73. The van der Waals surface area contributed by atoms with Crippen LogP contribution in [0.5, 0.6) is 0 Å². The molecule has 25 heavy (non-hydrogen) atoms. The SMILES string of the molecule is CCS(=O)(=O)NC1CCNC1Cc1cccc(C#CC2CC2)n1.Cl.Cl. The van der Waals surface area contributed by atoms with E-state index < -0.39 is 10.0 Å². The van der Waals surface area contributed by atoms with Crippen LogP contribution in [-0.4, -0.2) is 37.8 Å². The monoisotopic (exact) mass is 405 g/mol. The zero-order chi connectivity index (χ0) is 16.3. The van der Waals surface area contributed by atoms with Crippen molar-refractivity contribution in [3.05, 3.63) is 29.6 Å². The van der Waals surface area contributed by atoms with Crippen molar-refractivity contribution in [3.63, 3.8) is 0 Å². The summed E-state index contributed by atoms with van der Waals surface area (Å²) in [4.78, 5) is 4.60. The molecule has 0 spiro atoms. The standard InChI is InChI=1S/C17H23N3O2S.2ClH/c1-2-23(21,22)20-16-10-11-18-17(16)12-15-5-3-4-14(19-15)9-8-13-6-7-13;;/h3-5,13,16-18,20H,2,6-7,10-12H2,1H3;2*1H. The van der Waals surface area contributed by atoms with Crippen molar-refractivity contribution >= 4 is 34.8 Å². The van der Waals surface area contributed by atoms with Crippen LogP contribution >= 0.6 is 24.8 Å². The highest BCUT2D eigenvalue weighted by Crippen LogP contribution is 2.27. The minimum atomic E-state index is -3.18. The molecule has 1 aliphatic carbocycles. The molecular weight excluding hydrogens is 381 g/mol. The molecule has 2 heterocycles. The van der Waals surface area contributed by atoms with Gasteiger partial charge in [-0.05, 0) is 50.8 Å². The lowest BCUT2D eigenvalue weighted by Crippen LogP contribution is -2.45. The molecule has 1 aromatic rings. The van der Waals surface area contributed by atoms with Gasteiger partial charge in [0, 0.05) is 30.1 Å². The first-order valence-corrected chi connectivity index (χ1v) is 9.92. The molecule has 8 heteroatoms. The summed E-state index contributed by atoms with van der Waals surface area (Å²) in [5.74, 6) is 7.03. The quantitative estimate of drug-likeness (QED) is 0.733. The molecule has 3 rings (SSSR count). The predicted molar refractivity (Wildman–Crippen MR) is 105 cm³/mol. The summed E-state index contributed by atoms with van der Waals surface area (Å²) in [7, 11) is -3.18. The Morgan fingerprint density at radius 1 is 1.28 bits per heavy atom. The van der Waals surface area contributed by atoms with Gasteiger partial charge in [0.25, 0.3) is 0 Å². The van der Waals surface area contributed by atoms with Gasteiger partial charge in [-0.3, -0.25) is 0 Å². The van der Waals surface area contributed by atoms with Crippen LogP contribution < -0.4 is 10.0 Å². The summed E-state index contributed by atoms with van der Waals surface area (Å²) in [5, 5.41) is 3.38. The van der Waals surface area contributed by atoms with Gasteiger partial charge in [0.05, 0.1) is 5.75 Å². The number of nitrogens with one attached hydrogen (secondary N) is 2. The minimum Gasteiger partial charge on any atom is -0.312 e. The molecule has 1 saturated carbocycles. The third kappa shape index (κ3) is 6.76. The number of sulfonamides is 1. The summed E-state index contributed by atoms with van der Waals surface area (Å²) < 4.78 is 26.4. The highest BCUT2D eigenvalue weighted by molar-refractivity contribution is 7.89. The maximum Gasteiger partial charge on any atom is 0.211 e. The van der Waals surface area contributed by atoms with E-state index in [1.165, 1.54) is 12.8 Å². The van der Waals surface area contributed by atoms with Crippen molar-refractivity contribution in [1.82, 2.24) is 15.0 Å². The lowest BCUT2D eigenvalue weighted by atomic mass is 10.0. The van der Waals surface area contributed by atoms with Crippen molar-refractivity contribution in [2.24, 2.45) is 5.92 Å². The zero-order valence-corrected chi connectivity index (χ0v) is 16.6. The average Bonchev–Trinajstić information content (AvgIpc) is 3.28. The molecule has 140 valence electrons. The molecule has 5 nitrogen and oxygen atoms in total. The van der Waals surface area contributed by atoms with Gasteiger partial charge in [-0.15, -0.1) is 24.8 Å². The van der Waals surface area contributed by atoms with Crippen LogP contribution in [0.3, 0.4) is 0 Å². The van der Waals surface area contributed by atoms with Crippen molar-refractivity contribution in [1.29, 1.82) is 0 Å². The molecule has 0 aromatic carbocycles. The lowest BCUT2D eigenvalue weighted by molar-refractivity contribution is 0.489. The van der Waals surface area contributed by atoms with Crippen LogP contribution in [0, 0.1) is 17.8 Å². The number of rotatable bonds is 5. The Labute approximate surface area is 162 Å². The Hall–Kier alpha value is -0.840. The maximum atomic E-state index is 11.8. The fraction of sp³-hybridized carbons (Fsp3) is 0.588. The molecule has 1 aromatic heterocycles. The molecule has 1 saturated heterocycles. The predicted octanol–water partition coefficient (Wildman–Crippen LogP) is 1.90. The zero-order valence-electron chi connectivity index (χ0n) is 14.2. The molecular formula is C17H25Cl2N3O2S. The molecule has 0 amide bonds. The number of halogens is 2. The third-order valence-corrected chi connectivity index (χ3v) is 5.70. The van der Waals surface area contributed by atoms with E-state index in [1.54, 1.807) is 6.92 Å². The van der Waals surface area contributed by atoms with Crippen LogP contribution in [0.1, 0.15) is 37.6 Å². The van der Waals surface area contributed by atoms with Crippen LogP contribution in [-0.2, 0) is 16.4 Å². The summed E-state index contributed by atoms with van der Waals surface area (Å²) in [5.41, 5.74) is 1.76. The number of nitrogens with zero attached hydrogens (tertiary/aromatic N) is 1. The number of pyridine rings is 1. The van der Waals surface area contributed by atoms with Crippen LogP contribution in [0.25, 0.3) is 0 Å². The van der Waals surface area contributed by atoms with E-state index >= 15 is 0 Å². The molecule has 0 radical (unpaired) electrons. The number of hydrogen-bond donors (Lipinski definition) is 2. The smallest absolute Gasteiger partial charge is 0.211 e. The fourth-order valence-corrected chi connectivity index (χ4v) is 3.64. The largest absolute Gasteiger partial charge is 0.312 e. The Morgan fingerprint density at radius 3 is 2.72 bits per heavy atom. The van der Waals surface area contributed by atoms with E-state index in [0.717, 1.165) is 24.4 Å². The Kier molecular flexibility index (Phi) is 8.66. The summed E-state index contributed by atoms with van der Waals surface area (Å²) >= 11 is 0. The van der Waals surface area contributed by atoms with Gasteiger partial charge in [-0.2, -0.15) is 0 Å². The highest BCUT2D eigenvalue weighted by Gasteiger charge is 2.30. The van der Waals surface area contributed by atoms with Gasteiger partial charge in [0.2, 0.25) is 10.0 Å². The first-order chi connectivity index (χ1) is 11.1. The molecule has 2 N–H and O–H groups in total. The lowest BCUT2D eigenvalue weighted by Gasteiger charge is -2.20. The summed E-state index contributed by atoms with van der Waals surface area (Å²) in [6, 6.07) is 5.89. The van der Waals surface area contributed by atoms with Gasteiger partial charge in [-0.1, -0.05) is 12.0 Å². The van der Waals surface area contributed by atoms with Crippen molar-refractivity contribution < 1.29 is 8.42 Å². The summed E-state index contributed by atoms with van der Waals surface area (Å²) in [6.07, 6.45) is 3.93. The maximum absolute atomic E-state index is 11.8. The van der Waals surface area contributed by atoms with Crippen molar-refractivity contribution in [2.45, 2.75) is 44.7 Å². The topological polar surface area (TPSA) is 71.1 Å². The van der Waals surface area contributed by atoms with E-state index in [1.807, 2.05) is 18.2 Å². The first-order valence-electron chi connectivity index (χ1n) is 8.26. The molecule has 2 aliphatic rings. The van der Waals surface area contributed by atoms with Gasteiger partial charge in [0.15, 0.2) is 0 Å². The third-order valence-electron chi connectivity index (χ3n) is 4.28. The molecule has 2 fully saturated rings. The molecule has 2 unspecified atom stereocenters. The summed E-state index contributed by atoms with van der Waals surface area (Å²) in [6.45, 7) is 2.48.